The molecule has 1 aliphatic heterocycles. The lowest BCUT2D eigenvalue weighted by atomic mass is 10.1. The number of amides is 1. The molecule has 100 valence electrons. The van der Waals surface area contributed by atoms with Gasteiger partial charge < -0.3 is 15.4 Å². The summed E-state index contributed by atoms with van der Waals surface area (Å²) in [5, 5.41) is 5.66. The van der Waals surface area contributed by atoms with E-state index >= 15 is 0 Å². The Morgan fingerprint density at radius 2 is 2.24 bits per heavy atom. The molecule has 17 heavy (non-hydrogen) atoms. The van der Waals surface area contributed by atoms with Gasteiger partial charge in [-0.3, -0.25) is 4.79 Å². The second kappa shape index (κ2) is 6.32. The maximum atomic E-state index is 11.7. The number of nitrogens with one attached hydrogen (secondary N) is 2. The average Bonchev–Trinajstić information content (AvgIpc) is 2.29. The Hall–Kier alpha value is -0.660. The molecule has 0 aromatic carbocycles. The van der Waals surface area contributed by atoms with E-state index < -0.39 is 15.9 Å². The van der Waals surface area contributed by atoms with Crippen LogP contribution in [0.15, 0.2) is 0 Å². The van der Waals surface area contributed by atoms with Crippen LogP contribution in [0.25, 0.3) is 0 Å². The lowest BCUT2D eigenvalue weighted by molar-refractivity contribution is -0.128. The van der Waals surface area contributed by atoms with Crippen molar-refractivity contribution in [1.29, 1.82) is 0 Å². The Labute approximate surface area is 102 Å². The molecule has 1 rings (SSSR count). The maximum Gasteiger partial charge on any atom is 0.239 e. The normalized spacial score (nSPS) is 25.5. The Morgan fingerprint density at radius 3 is 2.82 bits per heavy atom. The van der Waals surface area contributed by atoms with Crippen molar-refractivity contribution in [2.75, 3.05) is 31.2 Å². The van der Waals surface area contributed by atoms with E-state index in [9.17, 15) is 13.2 Å². The highest BCUT2D eigenvalue weighted by Crippen LogP contribution is 2.03. The number of morpholine rings is 1. The first kappa shape index (κ1) is 14.4. The van der Waals surface area contributed by atoms with E-state index in [0.717, 1.165) is 0 Å². The number of hydrogen-bond donors (Lipinski definition) is 2. The summed E-state index contributed by atoms with van der Waals surface area (Å²) < 4.78 is 27.8. The van der Waals surface area contributed by atoms with Gasteiger partial charge in [0, 0.05) is 18.8 Å². The lowest BCUT2D eigenvalue weighted by Crippen LogP contribution is -2.55. The minimum atomic E-state index is -3.03. The van der Waals surface area contributed by atoms with Crippen LogP contribution in [0.5, 0.6) is 0 Å². The summed E-state index contributed by atoms with van der Waals surface area (Å²) in [6.45, 7) is 4.79. The smallest absolute Gasteiger partial charge is 0.239 e. The van der Waals surface area contributed by atoms with Crippen molar-refractivity contribution >= 4 is 15.7 Å². The van der Waals surface area contributed by atoms with Crippen molar-refractivity contribution in [1.82, 2.24) is 10.6 Å². The lowest BCUT2D eigenvalue weighted by Gasteiger charge is -2.29. The van der Waals surface area contributed by atoms with Gasteiger partial charge in [-0.2, -0.15) is 0 Å². The largest absolute Gasteiger partial charge is 0.375 e. The highest BCUT2D eigenvalue weighted by Gasteiger charge is 2.28. The number of sulfone groups is 1. The molecule has 2 atom stereocenters. The van der Waals surface area contributed by atoms with Crippen LogP contribution in [0.1, 0.15) is 13.8 Å². The van der Waals surface area contributed by atoms with Crippen LogP contribution >= 0.6 is 0 Å². The SMILES string of the molecule is CCS(=O)(=O)CCNC(=O)[C@H]1NCCO[C@@H]1C. The molecule has 0 saturated carbocycles. The van der Waals surface area contributed by atoms with E-state index in [4.69, 9.17) is 4.74 Å². The Balaban J connectivity index is 2.34. The van der Waals surface area contributed by atoms with Crippen LogP contribution in [0.2, 0.25) is 0 Å². The summed E-state index contributed by atoms with van der Waals surface area (Å²) in [5.74, 6) is -0.121. The van der Waals surface area contributed by atoms with Gasteiger partial charge in [0.1, 0.15) is 6.04 Å². The molecule has 0 aliphatic carbocycles. The van der Waals surface area contributed by atoms with Gasteiger partial charge >= 0.3 is 0 Å². The predicted molar refractivity (Wildman–Crippen MR) is 64.5 cm³/mol. The minimum Gasteiger partial charge on any atom is -0.375 e. The monoisotopic (exact) mass is 264 g/mol. The second-order valence-corrected chi connectivity index (χ2v) is 6.51. The molecule has 0 spiro atoms. The van der Waals surface area contributed by atoms with Crippen molar-refractivity contribution in [2.45, 2.75) is 26.0 Å². The van der Waals surface area contributed by atoms with Crippen molar-refractivity contribution in [3.8, 4) is 0 Å². The molecule has 0 unspecified atom stereocenters. The number of carbonyl (C=O) groups excluding carboxylic acids is 1. The molecule has 7 heteroatoms. The fourth-order valence-electron chi connectivity index (χ4n) is 1.61. The average molecular weight is 264 g/mol. The van der Waals surface area contributed by atoms with Gasteiger partial charge in [-0.15, -0.1) is 0 Å². The molecule has 0 aromatic heterocycles. The fraction of sp³-hybridized carbons (Fsp3) is 0.900. The molecule has 1 amide bonds. The topological polar surface area (TPSA) is 84.5 Å². The summed E-state index contributed by atoms with van der Waals surface area (Å²) in [6.07, 6.45) is -0.188. The molecule has 1 heterocycles. The molecular weight excluding hydrogens is 244 g/mol. The molecule has 0 aromatic rings. The van der Waals surface area contributed by atoms with Gasteiger partial charge in [-0.25, -0.2) is 8.42 Å². The third kappa shape index (κ3) is 4.61. The van der Waals surface area contributed by atoms with Crippen molar-refractivity contribution in [2.24, 2.45) is 0 Å². The Bertz CT molecular complexity index is 355. The van der Waals surface area contributed by atoms with Crippen molar-refractivity contribution in [3.63, 3.8) is 0 Å². The van der Waals surface area contributed by atoms with Crippen LogP contribution in [-0.4, -0.2) is 57.7 Å². The third-order valence-electron chi connectivity index (χ3n) is 2.75. The van der Waals surface area contributed by atoms with Gasteiger partial charge in [-0.1, -0.05) is 6.92 Å². The predicted octanol–water partition coefficient (Wildman–Crippen LogP) is -1.09. The molecule has 1 saturated heterocycles. The van der Waals surface area contributed by atoms with Crippen molar-refractivity contribution in [3.05, 3.63) is 0 Å². The minimum absolute atomic E-state index is 0.0167. The standard InChI is InChI=1S/C10H20N2O4S/c1-3-17(14,15)7-5-12-10(13)9-8(2)16-6-4-11-9/h8-9,11H,3-7H2,1-2H3,(H,12,13)/t8-,9+/m1/s1. The summed E-state index contributed by atoms with van der Waals surface area (Å²) >= 11 is 0. The van der Waals surface area contributed by atoms with Gasteiger partial charge in [0.15, 0.2) is 9.84 Å². The van der Waals surface area contributed by atoms with E-state index in [1.807, 2.05) is 6.92 Å². The Morgan fingerprint density at radius 1 is 1.53 bits per heavy atom. The summed E-state index contributed by atoms with van der Waals surface area (Å²) in [4.78, 5) is 11.7. The van der Waals surface area contributed by atoms with Crippen LogP contribution < -0.4 is 10.6 Å². The van der Waals surface area contributed by atoms with Crippen molar-refractivity contribution < 1.29 is 17.9 Å². The second-order valence-electron chi connectivity index (χ2n) is 4.04. The third-order valence-corrected chi connectivity index (χ3v) is 4.46. The first-order valence-corrected chi connectivity index (χ1v) is 7.61. The van der Waals surface area contributed by atoms with Crippen LogP contribution in [0.4, 0.5) is 0 Å². The number of rotatable bonds is 5. The Kier molecular flexibility index (Phi) is 5.35. The van der Waals surface area contributed by atoms with E-state index in [1.54, 1.807) is 6.92 Å². The number of hydrogen-bond acceptors (Lipinski definition) is 5. The molecular formula is C10H20N2O4S. The van der Waals surface area contributed by atoms with Crippen LogP contribution in [0.3, 0.4) is 0 Å². The molecule has 2 N–H and O–H groups in total. The zero-order valence-electron chi connectivity index (χ0n) is 10.2. The first-order valence-electron chi connectivity index (χ1n) is 5.79. The fourth-order valence-corrected chi connectivity index (χ4v) is 2.31. The number of carbonyl (C=O) groups is 1. The van der Waals surface area contributed by atoms with E-state index in [2.05, 4.69) is 10.6 Å². The summed E-state index contributed by atoms with van der Waals surface area (Å²) in [7, 11) is -3.03. The van der Waals surface area contributed by atoms with E-state index in [1.165, 1.54) is 0 Å². The maximum absolute atomic E-state index is 11.7. The highest BCUT2D eigenvalue weighted by atomic mass is 32.2. The van der Waals surface area contributed by atoms with Crippen LogP contribution in [0, 0.1) is 0 Å². The van der Waals surface area contributed by atoms with Gasteiger partial charge in [0.2, 0.25) is 5.91 Å². The van der Waals surface area contributed by atoms with Gasteiger partial charge in [0.25, 0.3) is 0 Å². The summed E-state index contributed by atoms with van der Waals surface area (Å²) in [5.41, 5.74) is 0. The van der Waals surface area contributed by atoms with E-state index in [0.29, 0.717) is 13.2 Å². The highest BCUT2D eigenvalue weighted by molar-refractivity contribution is 7.91. The zero-order chi connectivity index (χ0) is 12.9. The quantitative estimate of drug-likeness (QED) is 0.659. The summed E-state index contributed by atoms with van der Waals surface area (Å²) in [6, 6.07) is -0.395. The van der Waals surface area contributed by atoms with Crippen LogP contribution in [-0.2, 0) is 19.4 Å². The first-order chi connectivity index (χ1) is 7.96. The zero-order valence-corrected chi connectivity index (χ0v) is 11.0. The molecule has 6 nitrogen and oxygen atoms in total. The molecule has 1 fully saturated rings. The molecule has 0 bridgehead atoms. The molecule has 0 radical (unpaired) electrons. The molecule has 1 aliphatic rings. The van der Waals surface area contributed by atoms with E-state index in [-0.39, 0.29) is 30.1 Å². The number of ether oxygens (including phenoxy) is 1. The van der Waals surface area contributed by atoms with Gasteiger partial charge in [0.05, 0.1) is 18.5 Å². The van der Waals surface area contributed by atoms with Gasteiger partial charge in [-0.05, 0) is 6.92 Å².